The zero-order valence-corrected chi connectivity index (χ0v) is 17.0. The zero-order valence-electron chi connectivity index (χ0n) is 16.2. The minimum atomic E-state index is -3.55. The summed E-state index contributed by atoms with van der Waals surface area (Å²) >= 11 is 0. The van der Waals surface area contributed by atoms with Crippen LogP contribution in [0.15, 0.2) is 30.7 Å². The van der Waals surface area contributed by atoms with Gasteiger partial charge in [0.15, 0.2) is 6.21 Å². The van der Waals surface area contributed by atoms with Crippen LogP contribution in [0.4, 0.5) is 5.69 Å². The first-order chi connectivity index (χ1) is 12.7. The number of carbonyl (C=O) groups is 1. The first kappa shape index (κ1) is 20.9. The molecule has 0 saturated heterocycles. The second-order valence-corrected chi connectivity index (χ2v) is 8.39. The number of hydrogen-bond acceptors (Lipinski definition) is 5. The van der Waals surface area contributed by atoms with E-state index in [4.69, 9.17) is 0 Å². The fraction of sp³-hybridized carbons (Fsp3) is 0.412. The monoisotopic (exact) mass is 393 g/mol. The Morgan fingerprint density at radius 2 is 2.04 bits per heavy atom. The second kappa shape index (κ2) is 8.51. The summed E-state index contributed by atoms with van der Waals surface area (Å²) in [7, 11) is 0.814. The van der Waals surface area contributed by atoms with Crippen LogP contribution in [0.25, 0.3) is 5.69 Å². The molecule has 0 radical (unpaired) electrons. The molecule has 0 spiro atoms. The summed E-state index contributed by atoms with van der Waals surface area (Å²) in [6.07, 6.45) is 6.81. The number of amides is 1. The molecule has 2 aromatic heterocycles. The number of carbonyl (C=O) groups excluding carboxylic acids is 1. The van der Waals surface area contributed by atoms with E-state index < -0.39 is 10.2 Å². The third kappa shape index (κ3) is 4.65. The van der Waals surface area contributed by atoms with Crippen LogP contribution in [0.2, 0.25) is 0 Å². The summed E-state index contributed by atoms with van der Waals surface area (Å²) < 4.78 is 29.6. The van der Waals surface area contributed by atoms with Gasteiger partial charge in [0, 0.05) is 40.8 Å². The summed E-state index contributed by atoms with van der Waals surface area (Å²) in [5.41, 5.74) is 2.11. The average Bonchev–Trinajstić information content (AvgIpc) is 3.02. The van der Waals surface area contributed by atoms with E-state index in [0.717, 1.165) is 14.3 Å². The highest BCUT2D eigenvalue weighted by molar-refractivity contribution is 7.86. The zero-order chi connectivity index (χ0) is 20.2. The second-order valence-electron chi connectivity index (χ2n) is 6.14. The highest BCUT2D eigenvalue weighted by Gasteiger charge is 2.27. The topological polar surface area (TPSA) is 91.4 Å². The molecule has 146 valence electrons. The van der Waals surface area contributed by atoms with Crippen LogP contribution in [0.5, 0.6) is 0 Å². The predicted octanol–water partition coefficient (Wildman–Crippen LogP) is 0.965. The predicted molar refractivity (Wildman–Crippen MR) is 103 cm³/mol. The lowest BCUT2D eigenvalue weighted by atomic mass is 10.3. The fourth-order valence-corrected chi connectivity index (χ4v) is 3.37. The Bertz CT molecular complexity index is 935. The Hall–Kier alpha value is -2.43. The maximum absolute atomic E-state index is 12.7. The van der Waals surface area contributed by atoms with Crippen LogP contribution in [-0.4, -0.2) is 76.2 Å². The van der Waals surface area contributed by atoms with Crippen LogP contribution in [0, 0.1) is 6.92 Å². The van der Waals surface area contributed by atoms with E-state index >= 15 is 0 Å². The molecule has 0 saturated carbocycles. The van der Waals surface area contributed by atoms with Crippen LogP contribution in [0.3, 0.4) is 0 Å². The summed E-state index contributed by atoms with van der Waals surface area (Å²) in [6.45, 7) is 3.65. The molecule has 0 aliphatic carbocycles. The molecule has 0 bridgehead atoms. The molecular weight excluding hydrogens is 368 g/mol. The van der Waals surface area contributed by atoms with Crippen molar-refractivity contribution >= 4 is 28.0 Å². The SMILES string of the molecule is CC=[N+](C(=O)CCN(C)S(=O)(=O)N(C)C)c1cn(-c2cccnc2)nc1C. The number of aromatic nitrogens is 3. The van der Waals surface area contributed by atoms with Gasteiger partial charge in [0.25, 0.3) is 15.9 Å². The van der Waals surface area contributed by atoms with Gasteiger partial charge in [-0.05, 0) is 19.1 Å². The van der Waals surface area contributed by atoms with Crippen molar-refractivity contribution in [2.45, 2.75) is 20.3 Å². The Morgan fingerprint density at radius 1 is 1.33 bits per heavy atom. The van der Waals surface area contributed by atoms with Gasteiger partial charge in [-0.3, -0.25) is 4.98 Å². The number of aryl methyl sites for hydroxylation is 1. The van der Waals surface area contributed by atoms with Crippen molar-refractivity contribution in [2.75, 3.05) is 27.7 Å². The molecule has 0 aliphatic rings. The Kier molecular flexibility index (Phi) is 6.58. The highest BCUT2D eigenvalue weighted by atomic mass is 32.2. The van der Waals surface area contributed by atoms with E-state index in [0.29, 0.717) is 11.4 Å². The minimum Gasteiger partial charge on any atom is -0.262 e. The Balaban J connectivity index is 2.18. The molecule has 27 heavy (non-hydrogen) atoms. The Labute approximate surface area is 159 Å². The maximum atomic E-state index is 12.7. The van der Waals surface area contributed by atoms with E-state index in [1.165, 1.54) is 25.7 Å². The third-order valence-corrected chi connectivity index (χ3v) is 5.96. The van der Waals surface area contributed by atoms with Crippen molar-refractivity contribution in [3.8, 4) is 5.69 Å². The molecule has 0 atom stereocenters. The van der Waals surface area contributed by atoms with Crippen molar-refractivity contribution in [1.82, 2.24) is 23.4 Å². The molecule has 2 heterocycles. The molecule has 0 N–H and O–H groups in total. The van der Waals surface area contributed by atoms with Crippen molar-refractivity contribution in [3.05, 3.63) is 36.4 Å². The Morgan fingerprint density at radius 3 is 2.59 bits per heavy atom. The van der Waals surface area contributed by atoms with Crippen molar-refractivity contribution in [3.63, 3.8) is 0 Å². The van der Waals surface area contributed by atoms with Crippen LogP contribution >= 0.6 is 0 Å². The molecule has 0 aliphatic heterocycles. The lowest BCUT2D eigenvalue weighted by molar-refractivity contribution is -0.364. The molecule has 2 aromatic rings. The first-order valence-electron chi connectivity index (χ1n) is 8.40. The molecule has 0 unspecified atom stereocenters. The number of rotatable bonds is 7. The van der Waals surface area contributed by atoms with Gasteiger partial charge in [-0.25, -0.2) is 9.48 Å². The number of hydrogen-bond donors (Lipinski definition) is 0. The van der Waals surface area contributed by atoms with Gasteiger partial charge in [0.05, 0.1) is 18.3 Å². The average molecular weight is 393 g/mol. The fourth-order valence-electron chi connectivity index (χ4n) is 2.49. The molecule has 0 aromatic carbocycles. The molecular formula is C17H25N6O3S+. The molecule has 9 nitrogen and oxygen atoms in total. The largest absolute Gasteiger partial charge is 0.393 e. The summed E-state index contributed by atoms with van der Waals surface area (Å²) in [5.74, 6) is -0.216. The van der Waals surface area contributed by atoms with E-state index in [1.54, 1.807) is 36.4 Å². The molecule has 1 amide bonds. The summed E-state index contributed by atoms with van der Waals surface area (Å²) in [5, 5.41) is 4.44. The van der Waals surface area contributed by atoms with Crippen LogP contribution < -0.4 is 0 Å². The van der Waals surface area contributed by atoms with Gasteiger partial charge in [-0.15, -0.1) is 4.58 Å². The van der Waals surface area contributed by atoms with E-state index in [2.05, 4.69) is 10.1 Å². The van der Waals surface area contributed by atoms with Gasteiger partial charge < -0.3 is 0 Å². The summed E-state index contributed by atoms with van der Waals surface area (Å²) in [4.78, 5) is 16.8. The highest BCUT2D eigenvalue weighted by Crippen LogP contribution is 2.20. The van der Waals surface area contributed by atoms with Crippen molar-refractivity contribution in [1.29, 1.82) is 0 Å². The maximum Gasteiger partial charge on any atom is 0.393 e. The number of nitrogens with zero attached hydrogens (tertiary/aromatic N) is 6. The standard InChI is InChI=1S/C17H25N6O3S/c1-6-22(17(24)9-11-21(5)27(25,26)20(3)4)16-13-23(19-14(16)2)15-8-7-10-18-12-15/h6-8,10,12-13H,9,11H2,1-5H3/q+1. The van der Waals surface area contributed by atoms with Gasteiger partial charge in [0.2, 0.25) is 0 Å². The van der Waals surface area contributed by atoms with Gasteiger partial charge in [0.1, 0.15) is 11.9 Å². The van der Waals surface area contributed by atoms with Gasteiger partial charge in [-0.2, -0.15) is 22.1 Å². The lowest BCUT2D eigenvalue weighted by Crippen LogP contribution is -2.38. The summed E-state index contributed by atoms with van der Waals surface area (Å²) in [6, 6.07) is 3.67. The smallest absolute Gasteiger partial charge is 0.262 e. The van der Waals surface area contributed by atoms with Crippen LogP contribution in [0.1, 0.15) is 19.0 Å². The van der Waals surface area contributed by atoms with Crippen molar-refractivity contribution < 1.29 is 17.8 Å². The third-order valence-electron chi connectivity index (χ3n) is 4.07. The van der Waals surface area contributed by atoms with Gasteiger partial charge >= 0.3 is 5.91 Å². The van der Waals surface area contributed by atoms with Crippen LogP contribution in [-0.2, 0) is 15.0 Å². The molecule has 0 fully saturated rings. The first-order valence-corrected chi connectivity index (χ1v) is 9.80. The number of pyridine rings is 1. The van der Waals surface area contributed by atoms with E-state index in [1.807, 2.05) is 19.1 Å². The molecule has 10 heteroatoms. The lowest BCUT2D eigenvalue weighted by Gasteiger charge is -2.20. The molecule has 2 rings (SSSR count). The van der Waals surface area contributed by atoms with Gasteiger partial charge in [-0.1, -0.05) is 0 Å². The van der Waals surface area contributed by atoms with E-state index in [-0.39, 0.29) is 18.9 Å². The minimum absolute atomic E-state index is 0.0470. The quantitative estimate of drug-likeness (QED) is 0.516. The van der Waals surface area contributed by atoms with Crippen molar-refractivity contribution in [2.24, 2.45) is 0 Å². The van der Waals surface area contributed by atoms with E-state index in [9.17, 15) is 13.2 Å². The normalized spacial score (nSPS) is 12.8.